The van der Waals surface area contributed by atoms with Gasteiger partial charge < -0.3 is 0 Å². The van der Waals surface area contributed by atoms with Gasteiger partial charge in [0.1, 0.15) is 17.7 Å². The Labute approximate surface area is 113 Å². The minimum Gasteiger partial charge on any atom is -0.204 e. The number of hydrogen-bond acceptors (Lipinski definition) is 2. The Morgan fingerprint density at radius 1 is 0.895 bits per heavy atom. The highest BCUT2D eigenvalue weighted by molar-refractivity contribution is 6.34. The quantitative estimate of drug-likeness (QED) is 0.737. The lowest BCUT2D eigenvalue weighted by atomic mass is 9.97. The van der Waals surface area contributed by atoms with Crippen molar-refractivity contribution in [2.45, 2.75) is 0 Å². The number of nitriles is 2. The third kappa shape index (κ3) is 2.03. The Morgan fingerprint density at radius 3 is 2.00 bits per heavy atom. The molecule has 0 bridgehead atoms. The second-order valence-corrected chi connectivity index (χ2v) is 4.03. The van der Waals surface area contributed by atoms with Crippen LogP contribution < -0.4 is 0 Å². The fraction of sp³-hybridized carbons (Fsp3) is 0. The number of rotatable bonds is 1. The Hall–Kier alpha value is -2.43. The summed E-state index contributed by atoms with van der Waals surface area (Å²) in [5.74, 6) is -2.34. The summed E-state index contributed by atoms with van der Waals surface area (Å²) in [6, 6.07) is 11.2. The monoisotopic (exact) mass is 274 g/mol. The summed E-state index contributed by atoms with van der Waals surface area (Å²) in [6.07, 6.45) is 0. The maximum absolute atomic E-state index is 13.9. The minimum atomic E-state index is -1.19. The largest absolute Gasteiger partial charge is 0.204 e. The van der Waals surface area contributed by atoms with Gasteiger partial charge in [-0.25, -0.2) is 8.78 Å². The van der Waals surface area contributed by atoms with Crippen LogP contribution in [0.15, 0.2) is 30.3 Å². The van der Waals surface area contributed by atoms with Crippen molar-refractivity contribution in [2.24, 2.45) is 0 Å². The second kappa shape index (κ2) is 5.06. The number of hydrogen-bond donors (Lipinski definition) is 0. The van der Waals surface area contributed by atoms with Gasteiger partial charge in [0.15, 0.2) is 11.6 Å². The summed E-state index contributed by atoms with van der Waals surface area (Å²) in [4.78, 5) is 0. The summed E-state index contributed by atoms with van der Waals surface area (Å²) in [5.41, 5.74) is -0.916. The molecule has 19 heavy (non-hydrogen) atoms. The van der Waals surface area contributed by atoms with E-state index in [4.69, 9.17) is 22.1 Å². The van der Waals surface area contributed by atoms with Crippen molar-refractivity contribution in [1.29, 1.82) is 10.5 Å². The van der Waals surface area contributed by atoms with Gasteiger partial charge in [0, 0.05) is 5.56 Å². The lowest BCUT2D eigenvalue weighted by molar-refractivity contribution is 0.575. The molecule has 0 aliphatic heterocycles. The predicted octanol–water partition coefficient (Wildman–Crippen LogP) is 4.03. The molecule has 0 aromatic heterocycles. The summed E-state index contributed by atoms with van der Waals surface area (Å²) in [6.45, 7) is 0. The van der Waals surface area contributed by atoms with E-state index in [9.17, 15) is 8.78 Å². The zero-order valence-corrected chi connectivity index (χ0v) is 10.2. The van der Waals surface area contributed by atoms with Crippen LogP contribution >= 0.6 is 11.6 Å². The maximum Gasteiger partial charge on any atom is 0.163 e. The molecule has 2 aromatic rings. The average molecular weight is 275 g/mol. The van der Waals surface area contributed by atoms with Crippen LogP contribution in [0, 0.1) is 34.3 Å². The Morgan fingerprint density at radius 2 is 1.47 bits per heavy atom. The van der Waals surface area contributed by atoms with Crippen LogP contribution in [-0.2, 0) is 0 Å². The molecule has 0 N–H and O–H groups in total. The van der Waals surface area contributed by atoms with Crippen molar-refractivity contribution in [3.05, 3.63) is 58.1 Å². The van der Waals surface area contributed by atoms with Gasteiger partial charge in [-0.1, -0.05) is 41.9 Å². The van der Waals surface area contributed by atoms with E-state index in [2.05, 4.69) is 0 Å². The molecular formula is C14H5ClF2N2. The summed E-state index contributed by atoms with van der Waals surface area (Å²) in [5, 5.41) is 17.3. The summed E-state index contributed by atoms with van der Waals surface area (Å²) in [7, 11) is 0. The maximum atomic E-state index is 13.9. The molecule has 0 unspecified atom stereocenters. The van der Waals surface area contributed by atoms with Gasteiger partial charge in [-0.15, -0.1) is 0 Å². The van der Waals surface area contributed by atoms with Gasteiger partial charge >= 0.3 is 0 Å². The van der Waals surface area contributed by atoms with E-state index < -0.39 is 27.8 Å². The first-order chi connectivity index (χ1) is 9.11. The van der Waals surface area contributed by atoms with Gasteiger partial charge in [-0.2, -0.15) is 10.5 Å². The first-order valence-electron chi connectivity index (χ1n) is 5.17. The lowest BCUT2D eigenvalue weighted by Crippen LogP contribution is -2.00. The molecule has 0 atom stereocenters. The molecule has 2 nitrogen and oxygen atoms in total. The molecule has 0 radical (unpaired) electrons. The van der Waals surface area contributed by atoms with Gasteiger partial charge in [-0.3, -0.25) is 0 Å². The van der Waals surface area contributed by atoms with Crippen LogP contribution in [0.2, 0.25) is 5.02 Å². The molecule has 0 saturated carbocycles. The fourth-order valence-corrected chi connectivity index (χ4v) is 2.04. The molecule has 0 fully saturated rings. The zero-order chi connectivity index (χ0) is 14.0. The van der Waals surface area contributed by atoms with E-state index in [1.165, 1.54) is 6.07 Å². The molecule has 2 rings (SSSR count). The Balaban J connectivity index is 2.91. The highest BCUT2D eigenvalue weighted by Crippen LogP contribution is 2.36. The number of nitrogens with zero attached hydrogens (tertiary/aromatic N) is 2. The first kappa shape index (κ1) is 13.0. The van der Waals surface area contributed by atoms with Gasteiger partial charge in [0.05, 0.1) is 10.6 Å². The van der Waals surface area contributed by atoms with E-state index in [0.29, 0.717) is 5.56 Å². The molecule has 0 spiro atoms. The molecule has 0 heterocycles. The van der Waals surface area contributed by atoms with Crippen LogP contribution in [-0.4, -0.2) is 0 Å². The van der Waals surface area contributed by atoms with E-state index in [1.54, 1.807) is 36.4 Å². The highest BCUT2D eigenvalue weighted by Gasteiger charge is 2.24. The van der Waals surface area contributed by atoms with E-state index in [-0.39, 0.29) is 5.56 Å². The van der Waals surface area contributed by atoms with E-state index in [1.807, 2.05) is 0 Å². The third-order valence-corrected chi connectivity index (χ3v) is 2.96. The van der Waals surface area contributed by atoms with E-state index in [0.717, 1.165) is 0 Å². The van der Waals surface area contributed by atoms with Crippen LogP contribution in [0.5, 0.6) is 0 Å². The smallest absolute Gasteiger partial charge is 0.163 e. The second-order valence-electron chi connectivity index (χ2n) is 3.66. The Kier molecular flexibility index (Phi) is 3.46. The van der Waals surface area contributed by atoms with Crippen molar-refractivity contribution in [3.63, 3.8) is 0 Å². The molecule has 0 aliphatic carbocycles. The van der Waals surface area contributed by atoms with Crippen LogP contribution in [0.1, 0.15) is 11.1 Å². The Bertz CT molecular complexity index is 728. The molecule has 92 valence electrons. The first-order valence-corrected chi connectivity index (χ1v) is 5.55. The number of halogens is 3. The molecule has 2 aromatic carbocycles. The number of benzene rings is 2. The van der Waals surface area contributed by atoms with Crippen LogP contribution in [0.4, 0.5) is 8.78 Å². The molecule has 0 saturated heterocycles. The van der Waals surface area contributed by atoms with Crippen LogP contribution in [0.3, 0.4) is 0 Å². The van der Waals surface area contributed by atoms with Gasteiger partial charge in [0.2, 0.25) is 0 Å². The normalized spacial score (nSPS) is 9.74. The molecule has 0 aliphatic rings. The zero-order valence-electron chi connectivity index (χ0n) is 9.42. The minimum absolute atomic E-state index is 0.0428. The summed E-state index contributed by atoms with van der Waals surface area (Å²) < 4.78 is 27.7. The predicted molar refractivity (Wildman–Crippen MR) is 66.2 cm³/mol. The van der Waals surface area contributed by atoms with Crippen molar-refractivity contribution in [2.75, 3.05) is 0 Å². The lowest BCUT2D eigenvalue weighted by Gasteiger charge is -2.10. The van der Waals surface area contributed by atoms with Crippen molar-refractivity contribution in [3.8, 4) is 23.3 Å². The average Bonchev–Trinajstić information content (AvgIpc) is 2.44. The standard InChI is InChI=1S/C14H5ClF2N2/c15-12-11(8-4-2-1-3-5-8)9(6-18)13(16)10(7-19)14(12)17/h1-5H. The fourth-order valence-electron chi connectivity index (χ4n) is 1.74. The third-order valence-electron chi connectivity index (χ3n) is 2.61. The molecular weight excluding hydrogens is 270 g/mol. The van der Waals surface area contributed by atoms with E-state index >= 15 is 0 Å². The van der Waals surface area contributed by atoms with Crippen LogP contribution in [0.25, 0.3) is 11.1 Å². The summed E-state index contributed by atoms with van der Waals surface area (Å²) >= 11 is 5.82. The topological polar surface area (TPSA) is 47.6 Å². The molecule has 5 heteroatoms. The van der Waals surface area contributed by atoms with Crippen molar-refractivity contribution in [1.82, 2.24) is 0 Å². The van der Waals surface area contributed by atoms with Crippen molar-refractivity contribution >= 4 is 11.6 Å². The van der Waals surface area contributed by atoms with Gasteiger partial charge in [0.25, 0.3) is 0 Å². The van der Waals surface area contributed by atoms with Crippen molar-refractivity contribution < 1.29 is 8.78 Å². The SMILES string of the molecule is N#Cc1c(F)c(Cl)c(-c2ccccc2)c(C#N)c1F. The van der Waals surface area contributed by atoms with Gasteiger partial charge in [-0.05, 0) is 5.56 Å². The molecule has 0 amide bonds. The highest BCUT2D eigenvalue weighted by atomic mass is 35.5.